The van der Waals surface area contributed by atoms with E-state index in [-0.39, 0.29) is 5.92 Å². The van der Waals surface area contributed by atoms with Crippen LogP contribution >= 0.6 is 15.9 Å². The van der Waals surface area contributed by atoms with Crippen LogP contribution in [-0.4, -0.2) is 54.1 Å². The minimum atomic E-state index is -0.622. The highest BCUT2D eigenvalue weighted by molar-refractivity contribution is 9.10. The van der Waals surface area contributed by atoms with Crippen LogP contribution in [0.3, 0.4) is 0 Å². The predicted octanol–water partition coefficient (Wildman–Crippen LogP) is 4.83. The molecule has 182 valence electrons. The van der Waals surface area contributed by atoms with Gasteiger partial charge in [0, 0.05) is 26.3 Å². The SMILES string of the molecule is COCCN1CCC(c2cc(F)cc(F)c2)C1.Cc1nn(-c2ccccc2)c(NC(N)=O)c1Br. The number of nitrogens with two attached hydrogens (primary N) is 1. The van der Waals surface area contributed by atoms with Crippen LogP contribution in [-0.2, 0) is 4.74 Å². The zero-order valence-corrected chi connectivity index (χ0v) is 20.7. The zero-order valence-electron chi connectivity index (χ0n) is 19.1. The molecule has 1 aliphatic heterocycles. The Bertz CT molecular complexity index is 1090. The smallest absolute Gasteiger partial charge is 0.317 e. The first-order valence-electron chi connectivity index (χ1n) is 10.8. The number of amides is 2. The van der Waals surface area contributed by atoms with Crippen molar-refractivity contribution in [2.24, 2.45) is 5.73 Å². The van der Waals surface area contributed by atoms with Gasteiger partial charge in [0.25, 0.3) is 0 Å². The fraction of sp³-hybridized carbons (Fsp3) is 0.333. The van der Waals surface area contributed by atoms with Crippen LogP contribution in [0.25, 0.3) is 5.69 Å². The molecule has 1 fully saturated rings. The summed E-state index contributed by atoms with van der Waals surface area (Å²) in [6, 6.07) is 12.7. The number of hydrogen-bond donors (Lipinski definition) is 2. The number of rotatable bonds is 6. The molecule has 1 aliphatic rings. The number of nitrogens with one attached hydrogen (secondary N) is 1. The second-order valence-corrected chi connectivity index (χ2v) is 8.76. The van der Waals surface area contributed by atoms with E-state index in [1.54, 1.807) is 11.8 Å². The quantitative estimate of drug-likeness (QED) is 0.473. The normalized spacial score (nSPS) is 15.6. The molecule has 3 aromatic rings. The van der Waals surface area contributed by atoms with E-state index in [9.17, 15) is 13.6 Å². The lowest BCUT2D eigenvalue weighted by Gasteiger charge is -2.15. The summed E-state index contributed by atoms with van der Waals surface area (Å²) < 4.78 is 33.6. The predicted molar refractivity (Wildman–Crippen MR) is 131 cm³/mol. The van der Waals surface area contributed by atoms with Gasteiger partial charge in [0.15, 0.2) is 5.82 Å². The third-order valence-electron chi connectivity index (χ3n) is 5.47. The summed E-state index contributed by atoms with van der Waals surface area (Å²) in [5, 5.41) is 6.89. The van der Waals surface area contributed by atoms with Gasteiger partial charge in [-0.05, 0) is 71.6 Å². The topological polar surface area (TPSA) is 85.4 Å². The average Bonchev–Trinajstić information content (AvgIpc) is 3.38. The maximum absolute atomic E-state index is 13.1. The van der Waals surface area contributed by atoms with Crippen LogP contribution in [0.2, 0.25) is 0 Å². The number of likely N-dealkylation sites (tertiary alicyclic amines) is 1. The summed E-state index contributed by atoms with van der Waals surface area (Å²) in [7, 11) is 1.68. The number of aryl methyl sites for hydroxylation is 1. The first-order valence-corrected chi connectivity index (χ1v) is 11.6. The molecule has 0 saturated carbocycles. The highest BCUT2D eigenvalue weighted by atomic mass is 79.9. The summed E-state index contributed by atoms with van der Waals surface area (Å²) >= 11 is 3.37. The number of ether oxygens (including phenoxy) is 1. The van der Waals surface area contributed by atoms with E-state index in [1.165, 1.54) is 12.1 Å². The number of aromatic nitrogens is 2. The Hall–Kier alpha value is -2.82. The molecule has 1 unspecified atom stereocenters. The number of urea groups is 1. The van der Waals surface area contributed by atoms with Gasteiger partial charge >= 0.3 is 6.03 Å². The van der Waals surface area contributed by atoms with Gasteiger partial charge in [0.1, 0.15) is 11.6 Å². The maximum atomic E-state index is 13.1. The van der Waals surface area contributed by atoms with Gasteiger partial charge in [-0.1, -0.05) is 18.2 Å². The summed E-state index contributed by atoms with van der Waals surface area (Å²) in [4.78, 5) is 13.2. The highest BCUT2D eigenvalue weighted by Gasteiger charge is 2.24. The molecule has 0 spiro atoms. The summed E-state index contributed by atoms with van der Waals surface area (Å²) in [5.41, 5.74) is 7.53. The first kappa shape index (κ1) is 25.8. The Morgan fingerprint density at radius 2 is 1.91 bits per heavy atom. The zero-order chi connectivity index (χ0) is 24.7. The maximum Gasteiger partial charge on any atom is 0.317 e. The molecule has 0 aliphatic carbocycles. The fourth-order valence-electron chi connectivity index (χ4n) is 3.83. The monoisotopic (exact) mass is 535 g/mol. The van der Waals surface area contributed by atoms with Crippen LogP contribution in [0.4, 0.5) is 19.4 Å². The second kappa shape index (κ2) is 12.0. The Morgan fingerprint density at radius 3 is 2.53 bits per heavy atom. The lowest BCUT2D eigenvalue weighted by atomic mass is 9.98. The third-order valence-corrected chi connectivity index (χ3v) is 6.42. The number of benzene rings is 2. The van der Waals surface area contributed by atoms with E-state index in [1.807, 2.05) is 37.3 Å². The average molecular weight is 536 g/mol. The van der Waals surface area contributed by atoms with Gasteiger partial charge in [0.2, 0.25) is 0 Å². The molecule has 2 amide bonds. The van der Waals surface area contributed by atoms with Crippen molar-refractivity contribution in [1.82, 2.24) is 14.7 Å². The number of halogens is 3. The van der Waals surface area contributed by atoms with Gasteiger partial charge in [0.05, 0.1) is 22.5 Å². The number of anilines is 1. The third kappa shape index (κ3) is 6.85. The fourth-order valence-corrected chi connectivity index (χ4v) is 4.17. The van der Waals surface area contributed by atoms with E-state index >= 15 is 0 Å². The van der Waals surface area contributed by atoms with Crippen LogP contribution in [0.5, 0.6) is 0 Å². The van der Waals surface area contributed by atoms with E-state index in [2.05, 4.69) is 31.2 Å². The van der Waals surface area contributed by atoms with E-state index in [0.717, 1.165) is 53.5 Å². The van der Waals surface area contributed by atoms with Crippen molar-refractivity contribution < 1.29 is 18.3 Å². The minimum absolute atomic E-state index is 0.233. The van der Waals surface area contributed by atoms with Crippen molar-refractivity contribution in [3.8, 4) is 5.69 Å². The molecule has 1 aromatic heterocycles. The molecule has 4 rings (SSSR count). The van der Waals surface area contributed by atoms with Crippen molar-refractivity contribution in [3.63, 3.8) is 0 Å². The number of carbonyl (C=O) groups excluding carboxylic acids is 1. The molecule has 2 heterocycles. The standard InChI is InChI=1S/C13H17F2NO.C11H11BrN4O/c1-17-5-4-16-3-2-10(9-16)11-6-12(14)8-13(15)7-11;1-7-9(12)10(14-11(13)17)16(15-7)8-5-3-2-4-6-8/h6-8,10H,2-5,9H2,1H3;2-6H,1H3,(H3,13,14,17). The van der Waals surface area contributed by atoms with E-state index in [0.29, 0.717) is 12.4 Å². The highest BCUT2D eigenvalue weighted by Crippen LogP contribution is 2.29. The Kier molecular flexibility index (Phi) is 9.14. The largest absolute Gasteiger partial charge is 0.383 e. The van der Waals surface area contributed by atoms with Gasteiger partial charge in [-0.15, -0.1) is 0 Å². The van der Waals surface area contributed by atoms with Crippen LogP contribution < -0.4 is 11.1 Å². The molecule has 10 heteroatoms. The number of hydrogen-bond acceptors (Lipinski definition) is 4. The van der Waals surface area contributed by atoms with Crippen LogP contribution in [0, 0.1) is 18.6 Å². The van der Waals surface area contributed by atoms with Crippen LogP contribution in [0.15, 0.2) is 53.0 Å². The van der Waals surface area contributed by atoms with Crippen molar-refractivity contribution in [1.29, 1.82) is 0 Å². The van der Waals surface area contributed by atoms with Gasteiger partial charge in [-0.25, -0.2) is 18.3 Å². The molecule has 1 atom stereocenters. The number of carbonyl (C=O) groups is 1. The summed E-state index contributed by atoms with van der Waals surface area (Å²) in [5.74, 6) is -0.219. The molecule has 3 N–H and O–H groups in total. The first-order chi connectivity index (χ1) is 16.3. The van der Waals surface area contributed by atoms with Crippen molar-refractivity contribution >= 4 is 27.8 Å². The molecular formula is C24H28BrF2N5O2. The Labute approximate surface area is 206 Å². The summed E-state index contributed by atoms with van der Waals surface area (Å²) in [6.07, 6.45) is 0.951. The second-order valence-electron chi connectivity index (χ2n) is 7.97. The van der Waals surface area contributed by atoms with E-state index in [4.69, 9.17) is 10.5 Å². The van der Waals surface area contributed by atoms with Crippen LogP contribution in [0.1, 0.15) is 23.6 Å². The number of nitrogens with zero attached hydrogens (tertiary/aromatic N) is 3. The summed E-state index contributed by atoms with van der Waals surface area (Å²) in [6.45, 7) is 5.24. The molecule has 1 saturated heterocycles. The number of para-hydroxylation sites is 1. The van der Waals surface area contributed by atoms with Crippen molar-refractivity contribution in [3.05, 3.63) is 75.9 Å². The Morgan fingerprint density at radius 1 is 1.24 bits per heavy atom. The molecule has 0 bridgehead atoms. The van der Waals surface area contributed by atoms with Crippen molar-refractivity contribution in [2.75, 3.05) is 38.7 Å². The lowest BCUT2D eigenvalue weighted by molar-refractivity contribution is 0.160. The molecule has 0 radical (unpaired) electrons. The molecule has 2 aromatic carbocycles. The molecule has 7 nitrogen and oxygen atoms in total. The van der Waals surface area contributed by atoms with Gasteiger partial charge in [-0.3, -0.25) is 5.32 Å². The molecular weight excluding hydrogens is 508 g/mol. The molecule has 34 heavy (non-hydrogen) atoms. The minimum Gasteiger partial charge on any atom is -0.383 e. The lowest BCUT2D eigenvalue weighted by Crippen LogP contribution is -2.24. The van der Waals surface area contributed by atoms with Gasteiger partial charge < -0.3 is 15.4 Å². The number of primary amides is 1. The number of methoxy groups -OCH3 is 1. The van der Waals surface area contributed by atoms with Gasteiger partial charge in [-0.2, -0.15) is 5.10 Å². The Balaban J connectivity index is 0.000000191. The van der Waals surface area contributed by atoms with E-state index < -0.39 is 17.7 Å². The van der Waals surface area contributed by atoms with Crippen molar-refractivity contribution in [2.45, 2.75) is 19.3 Å².